The largest absolute Gasteiger partial charge is 0.314 e. The molecule has 0 bridgehead atoms. The van der Waals surface area contributed by atoms with Crippen LogP contribution >= 0.6 is 0 Å². The summed E-state index contributed by atoms with van der Waals surface area (Å²) in [6.45, 7) is 9.48. The van der Waals surface area contributed by atoms with Gasteiger partial charge in [0.05, 0.1) is 0 Å². The van der Waals surface area contributed by atoms with Crippen LogP contribution in [0.3, 0.4) is 0 Å². The van der Waals surface area contributed by atoms with Crippen LogP contribution in [-0.2, 0) is 19.3 Å². The van der Waals surface area contributed by atoms with Gasteiger partial charge in [0.1, 0.15) is 0 Å². The number of fused-ring (bicyclic) bond motifs is 2. The molecule has 2 unspecified atom stereocenters. The molecule has 2 heteroatoms. The number of hydrogen-bond acceptors (Lipinski definition) is 2. The number of nitrogens with zero attached hydrogens (tertiary/aromatic N) is 1. The second-order valence-electron chi connectivity index (χ2n) is 7.36. The molecule has 2 atom stereocenters. The minimum Gasteiger partial charge on any atom is -0.314 e. The van der Waals surface area contributed by atoms with Gasteiger partial charge < -0.3 is 5.32 Å². The molecule has 1 saturated heterocycles. The zero-order chi connectivity index (χ0) is 17.2. The Bertz CT molecular complexity index is 764. The number of hydrogen-bond donors (Lipinski definition) is 1. The maximum Gasteiger partial charge on any atom is 0.0481 e. The van der Waals surface area contributed by atoms with Gasteiger partial charge in [0.15, 0.2) is 0 Å². The third-order valence-corrected chi connectivity index (χ3v) is 5.96. The van der Waals surface area contributed by atoms with Crippen molar-refractivity contribution in [1.29, 1.82) is 0 Å². The Balaban J connectivity index is 1.72. The fourth-order valence-electron chi connectivity index (χ4n) is 4.51. The third-order valence-electron chi connectivity index (χ3n) is 5.96. The average molecular weight is 332 g/mol. The van der Waals surface area contributed by atoms with Gasteiger partial charge in [0, 0.05) is 31.7 Å². The van der Waals surface area contributed by atoms with Crippen LogP contribution < -0.4 is 5.32 Å². The molecule has 0 aromatic heterocycles. The van der Waals surface area contributed by atoms with Crippen molar-refractivity contribution in [2.75, 3.05) is 19.6 Å². The fraction of sp³-hybridized carbons (Fsp3) is 0.391. The maximum atomic E-state index is 4.03. The molecule has 0 amide bonds. The average Bonchev–Trinajstić information content (AvgIpc) is 2.86. The summed E-state index contributed by atoms with van der Waals surface area (Å²) in [5.74, 6) is 0. The Kier molecular flexibility index (Phi) is 4.74. The summed E-state index contributed by atoms with van der Waals surface area (Å²) < 4.78 is 0. The molecule has 1 heterocycles. The van der Waals surface area contributed by atoms with Crippen molar-refractivity contribution in [2.45, 2.75) is 38.3 Å². The van der Waals surface area contributed by atoms with Crippen LogP contribution in [0.25, 0.3) is 0 Å². The van der Waals surface area contributed by atoms with E-state index in [2.05, 4.69) is 72.3 Å². The highest BCUT2D eigenvalue weighted by molar-refractivity contribution is 5.45. The van der Waals surface area contributed by atoms with E-state index < -0.39 is 0 Å². The second kappa shape index (κ2) is 7.15. The smallest absolute Gasteiger partial charge is 0.0481 e. The van der Waals surface area contributed by atoms with Gasteiger partial charge in [-0.25, -0.2) is 0 Å². The summed E-state index contributed by atoms with van der Waals surface area (Å²) in [6.07, 6.45) is 5.44. The predicted octanol–water partition coefficient (Wildman–Crippen LogP) is 3.90. The minimum atomic E-state index is 0.408. The first kappa shape index (κ1) is 16.6. The van der Waals surface area contributed by atoms with Gasteiger partial charge in [-0.3, -0.25) is 4.90 Å². The Morgan fingerprint density at radius 1 is 1.08 bits per heavy atom. The van der Waals surface area contributed by atoms with E-state index >= 15 is 0 Å². The summed E-state index contributed by atoms with van der Waals surface area (Å²) in [5.41, 5.74) is 7.62. The van der Waals surface area contributed by atoms with Crippen molar-refractivity contribution >= 4 is 0 Å². The third kappa shape index (κ3) is 3.17. The molecule has 1 fully saturated rings. The lowest BCUT2D eigenvalue weighted by molar-refractivity contribution is 0.137. The zero-order valence-corrected chi connectivity index (χ0v) is 15.2. The van der Waals surface area contributed by atoms with Gasteiger partial charge in [-0.05, 0) is 54.0 Å². The molecular formula is C23H28N2. The van der Waals surface area contributed by atoms with Crippen LogP contribution in [0.4, 0.5) is 0 Å². The van der Waals surface area contributed by atoms with Gasteiger partial charge >= 0.3 is 0 Å². The Hall–Kier alpha value is -1.90. The van der Waals surface area contributed by atoms with Crippen LogP contribution in [0.15, 0.2) is 55.1 Å². The molecule has 1 N–H and O–H groups in total. The lowest BCUT2D eigenvalue weighted by Gasteiger charge is -2.40. The molecule has 1 aliphatic carbocycles. The van der Waals surface area contributed by atoms with Gasteiger partial charge in [-0.2, -0.15) is 0 Å². The van der Waals surface area contributed by atoms with Crippen molar-refractivity contribution in [3.63, 3.8) is 0 Å². The SMILES string of the molecule is C=CC(C)N1CCNCC1c1cccc2c1CCc1ccccc1C2. The zero-order valence-electron chi connectivity index (χ0n) is 15.2. The number of nitrogens with one attached hydrogen (secondary N) is 1. The summed E-state index contributed by atoms with van der Waals surface area (Å²) in [7, 11) is 0. The number of piperazine rings is 1. The van der Waals surface area contributed by atoms with Gasteiger partial charge in [0.25, 0.3) is 0 Å². The van der Waals surface area contributed by atoms with Crippen molar-refractivity contribution in [3.05, 3.63) is 82.9 Å². The summed E-state index contributed by atoms with van der Waals surface area (Å²) in [4.78, 5) is 2.61. The van der Waals surface area contributed by atoms with E-state index in [0.29, 0.717) is 12.1 Å². The standard InChI is InChI=1S/C23H28N2/c1-3-17(2)25-14-13-24-16-23(25)22-10-6-9-20-15-19-8-5-4-7-18(19)11-12-21(20)22/h3-10,17,23-24H,1,11-16H2,2H3. The lowest BCUT2D eigenvalue weighted by Crippen LogP contribution is -2.49. The summed E-state index contributed by atoms with van der Waals surface area (Å²) >= 11 is 0. The van der Waals surface area contributed by atoms with Crippen molar-refractivity contribution in [2.24, 2.45) is 0 Å². The van der Waals surface area contributed by atoms with Crippen molar-refractivity contribution in [1.82, 2.24) is 10.2 Å². The highest BCUT2D eigenvalue weighted by Crippen LogP contribution is 2.33. The van der Waals surface area contributed by atoms with Crippen molar-refractivity contribution < 1.29 is 0 Å². The van der Waals surface area contributed by atoms with Gasteiger partial charge in [0.2, 0.25) is 0 Å². The minimum absolute atomic E-state index is 0.408. The normalized spacial score (nSPS) is 21.7. The molecule has 25 heavy (non-hydrogen) atoms. The summed E-state index contributed by atoms with van der Waals surface area (Å²) in [5, 5.41) is 3.61. The molecule has 0 saturated carbocycles. The molecule has 0 spiro atoms. The Morgan fingerprint density at radius 2 is 1.88 bits per heavy atom. The molecule has 130 valence electrons. The quantitative estimate of drug-likeness (QED) is 0.858. The highest BCUT2D eigenvalue weighted by Gasteiger charge is 2.29. The number of benzene rings is 2. The molecule has 1 aliphatic heterocycles. The van der Waals surface area contributed by atoms with E-state index in [9.17, 15) is 0 Å². The van der Waals surface area contributed by atoms with Crippen LogP contribution in [-0.4, -0.2) is 30.6 Å². The number of aryl methyl sites for hydroxylation is 1. The van der Waals surface area contributed by atoms with E-state index in [1.165, 1.54) is 22.3 Å². The molecule has 2 aromatic carbocycles. The first-order valence-corrected chi connectivity index (χ1v) is 9.54. The van der Waals surface area contributed by atoms with E-state index in [4.69, 9.17) is 0 Å². The van der Waals surface area contributed by atoms with Crippen LogP contribution in [0.5, 0.6) is 0 Å². The maximum absolute atomic E-state index is 4.03. The monoisotopic (exact) mass is 332 g/mol. The molecule has 2 aromatic rings. The van der Waals surface area contributed by atoms with E-state index in [0.717, 1.165) is 38.9 Å². The lowest BCUT2D eigenvalue weighted by atomic mass is 9.90. The predicted molar refractivity (Wildman–Crippen MR) is 105 cm³/mol. The van der Waals surface area contributed by atoms with Gasteiger partial charge in [-0.15, -0.1) is 6.58 Å². The first-order valence-electron chi connectivity index (χ1n) is 9.54. The second-order valence-corrected chi connectivity index (χ2v) is 7.36. The Labute approximate surface area is 151 Å². The molecule has 2 aliphatic rings. The van der Waals surface area contributed by atoms with Gasteiger partial charge in [-0.1, -0.05) is 48.5 Å². The summed E-state index contributed by atoms with van der Waals surface area (Å²) in [6, 6.07) is 16.7. The van der Waals surface area contributed by atoms with Crippen LogP contribution in [0.1, 0.15) is 40.8 Å². The molecule has 0 radical (unpaired) electrons. The molecular weight excluding hydrogens is 304 g/mol. The fourth-order valence-corrected chi connectivity index (χ4v) is 4.51. The van der Waals surface area contributed by atoms with Crippen molar-refractivity contribution in [3.8, 4) is 0 Å². The van der Waals surface area contributed by atoms with Crippen LogP contribution in [0, 0.1) is 0 Å². The van der Waals surface area contributed by atoms with Crippen LogP contribution in [0.2, 0.25) is 0 Å². The molecule has 4 rings (SSSR count). The van der Waals surface area contributed by atoms with E-state index in [-0.39, 0.29) is 0 Å². The Morgan fingerprint density at radius 3 is 2.72 bits per heavy atom. The van der Waals surface area contributed by atoms with E-state index in [1.807, 2.05) is 0 Å². The number of rotatable bonds is 3. The topological polar surface area (TPSA) is 15.3 Å². The molecule has 2 nitrogen and oxygen atoms in total. The highest BCUT2D eigenvalue weighted by atomic mass is 15.2. The van der Waals surface area contributed by atoms with E-state index in [1.54, 1.807) is 5.56 Å². The first-order chi connectivity index (χ1) is 12.3.